The van der Waals surface area contributed by atoms with Crippen LogP contribution in [0.3, 0.4) is 0 Å². The first-order valence-corrected chi connectivity index (χ1v) is 15.0. The van der Waals surface area contributed by atoms with Crippen molar-refractivity contribution in [2.75, 3.05) is 19.4 Å². The Morgan fingerprint density at radius 1 is 1.26 bits per heavy atom. The third kappa shape index (κ3) is 8.35. The van der Waals surface area contributed by atoms with Crippen LogP contribution in [0.15, 0.2) is 64.9 Å². The number of methoxy groups -OCH3 is 1. The molecule has 2 aromatic rings. The summed E-state index contributed by atoms with van der Waals surface area (Å²) in [5, 5.41) is 13.1. The van der Waals surface area contributed by atoms with Gasteiger partial charge in [0.1, 0.15) is 11.6 Å². The lowest BCUT2D eigenvalue weighted by atomic mass is 9.93. The molecule has 4 rings (SSSR count). The van der Waals surface area contributed by atoms with Crippen molar-refractivity contribution in [1.29, 1.82) is 0 Å². The zero-order valence-electron chi connectivity index (χ0n) is 23.1. The molecule has 2 atom stereocenters. The Bertz CT molecular complexity index is 1170. The summed E-state index contributed by atoms with van der Waals surface area (Å²) < 4.78 is 7.64. The number of aryl methyl sites for hydroxylation is 1. The van der Waals surface area contributed by atoms with Crippen LogP contribution in [0.4, 0.5) is 0 Å². The molecule has 2 aliphatic carbocycles. The molecule has 1 N–H and O–H groups in total. The first-order valence-electron chi connectivity index (χ1n) is 14.0. The molecule has 7 heteroatoms. The minimum atomic E-state index is 0.148. The fourth-order valence-electron chi connectivity index (χ4n) is 5.35. The number of carbonyl (C=O) groups is 1. The van der Waals surface area contributed by atoms with Crippen LogP contribution in [-0.2, 0) is 11.2 Å². The van der Waals surface area contributed by atoms with E-state index in [0.717, 1.165) is 66.8 Å². The highest BCUT2D eigenvalue weighted by molar-refractivity contribution is 7.99. The fraction of sp³-hybridized carbons (Fsp3) is 0.516. The number of nitrogens with zero attached hydrogens (tertiary/aromatic N) is 3. The summed E-state index contributed by atoms with van der Waals surface area (Å²) >= 11 is 1.74. The molecule has 0 bridgehead atoms. The Balaban J connectivity index is 1.33. The second-order valence-corrected chi connectivity index (χ2v) is 11.5. The Labute approximate surface area is 232 Å². The van der Waals surface area contributed by atoms with Gasteiger partial charge < -0.3 is 10.1 Å². The normalized spacial score (nSPS) is 19.1. The number of aromatic nitrogens is 3. The molecule has 0 aliphatic heterocycles. The summed E-state index contributed by atoms with van der Waals surface area (Å²) in [5.41, 5.74) is 3.78. The minimum absolute atomic E-state index is 0.148. The third-order valence-electron chi connectivity index (χ3n) is 7.21. The van der Waals surface area contributed by atoms with Crippen LogP contribution < -0.4 is 10.1 Å². The predicted molar refractivity (Wildman–Crippen MR) is 156 cm³/mol. The first kappa shape index (κ1) is 28.2. The lowest BCUT2D eigenvalue weighted by molar-refractivity contribution is -0.121. The van der Waals surface area contributed by atoms with E-state index in [-0.39, 0.29) is 5.91 Å². The molecule has 0 saturated heterocycles. The van der Waals surface area contributed by atoms with Crippen molar-refractivity contribution < 1.29 is 9.53 Å². The van der Waals surface area contributed by atoms with Gasteiger partial charge in [0.25, 0.3) is 0 Å². The van der Waals surface area contributed by atoms with Gasteiger partial charge in [-0.2, -0.15) is 0 Å². The van der Waals surface area contributed by atoms with Gasteiger partial charge in [-0.15, -0.1) is 10.2 Å². The number of ether oxygens (including phenoxy) is 1. The van der Waals surface area contributed by atoms with Crippen molar-refractivity contribution in [2.45, 2.75) is 76.8 Å². The molecular weight excluding hydrogens is 492 g/mol. The SMILES string of the molecule is COc1cccc(-n2c(CCCCC(=O)NCCC3C=CCCC3)nnc2SCC2=CC(C)=CC(C)C2)c1. The molecular formula is C31H42N4O2S. The van der Waals surface area contributed by atoms with E-state index in [1.54, 1.807) is 18.9 Å². The molecule has 0 fully saturated rings. The molecule has 1 aromatic carbocycles. The van der Waals surface area contributed by atoms with Crippen LogP contribution in [0.5, 0.6) is 5.75 Å². The largest absolute Gasteiger partial charge is 0.497 e. The quantitative estimate of drug-likeness (QED) is 0.173. The van der Waals surface area contributed by atoms with Gasteiger partial charge in [-0.25, -0.2) is 0 Å². The molecule has 1 heterocycles. The highest BCUT2D eigenvalue weighted by atomic mass is 32.2. The lowest BCUT2D eigenvalue weighted by Gasteiger charge is -2.17. The van der Waals surface area contributed by atoms with E-state index < -0.39 is 0 Å². The van der Waals surface area contributed by atoms with Crippen LogP contribution >= 0.6 is 11.8 Å². The fourth-order valence-corrected chi connectivity index (χ4v) is 6.30. The predicted octanol–water partition coefficient (Wildman–Crippen LogP) is 6.86. The van der Waals surface area contributed by atoms with E-state index in [4.69, 9.17) is 4.74 Å². The number of hydrogen-bond acceptors (Lipinski definition) is 5. The van der Waals surface area contributed by atoms with E-state index in [1.165, 1.54) is 30.4 Å². The maximum Gasteiger partial charge on any atom is 0.219 e. The Kier molecular flexibility index (Phi) is 10.7. The van der Waals surface area contributed by atoms with Gasteiger partial charge in [0.2, 0.25) is 5.91 Å². The maximum atomic E-state index is 12.4. The van der Waals surface area contributed by atoms with Crippen LogP contribution in [0.2, 0.25) is 0 Å². The summed E-state index contributed by atoms with van der Waals surface area (Å²) in [4.78, 5) is 12.4. The van der Waals surface area contributed by atoms with E-state index >= 15 is 0 Å². The highest BCUT2D eigenvalue weighted by Gasteiger charge is 2.17. The van der Waals surface area contributed by atoms with Gasteiger partial charge in [0.05, 0.1) is 12.8 Å². The Morgan fingerprint density at radius 2 is 2.16 bits per heavy atom. The van der Waals surface area contributed by atoms with Crippen molar-refractivity contribution in [3.63, 3.8) is 0 Å². The number of hydrogen-bond donors (Lipinski definition) is 1. The van der Waals surface area contributed by atoms with E-state index in [0.29, 0.717) is 18.3 Å². The number of unbranched alkanes of at least 4 members (excludes halogenated alkanes) is 1. The Hall–Kier alpha value is -2.80. The molecule has 6 nitrogen and oxygen atoms in total. The van der Waals surface area contributed by atoms with Gasteiger partial charge in [-0.3, -0.25) is 9.36 Å². The van der Waals surface area contributed by atoms with Crippen molar-refractivity contribution in [2.24, 2.45) is 11.8 Å². The molecule has 2 unspecified atom stereocenters. The number of amides is 1. The Morgan fingerprint density at radius 3 is 2.95 bits per heavy atom. The number of thioether (sulfide) groups is 1. The maximum absolute atomic E-state index is 12.4. The van der Waals surface area contributed by atoms with E-state index in [9.17, 15) is 4.79 Å². The van der Waals surface area contributed by atoms with Gasteiger partial charge in [0.15, 0.2) is 5.16 Å². The summed E-state index contributed by atoms with van der Waals surface area (Å²) in [6, 6.07) is 8.05. The topological polar surface area (TPSA) is 69.0 Å². The minimum Gasteiger partial charge on any atom is -0.497 e. The molecule has 0 saturated carbocycles. The van der Waals surface area contributed by atoms with Crippen LogP contribution in [0.25, 0.3) is 5.69 Å². The smallest absolute Gasteiger partial charge is 0.219 e. The highest BCUT2D eigenvalue weighted by Crippen LogP contribution is 2.30. The van der Waals surface area contributed by atoms with Gasteiger partial charge >= 0.3 is 0 Å². The number of rotatable bonds is 13. The van der Waals surface area contributed by atoms with Crippen LogP contribution in [-0.4, -0.2) is 40.1 Å². The molecule has 1 aromatic heterocycles. The van der Waals surface area contributed by atoms with Crippen molar-refractivity contribution in [3.05, 3.63) is 65.5 Å². The van der Waals surface area contributed by atoms with Crippen LogP contribution in [0.1, 0.15) is 71.0 Å². The second-order valence-electron chi connectivity index (χ2n) is 10.6. The summed E-state index contributed by atoms with van der Waals surface area (Å²) in [7, 11) is 1.69. The number of allylic oxidation sites excluding steroid dienone is 5. The van der Waals surface area contributed by atoms with Gasteiger partial charge in [-0.1, -0.05) is 60.2 Å². The van der Waals surface area contributed by atoms with Gasteiger partial charge in [-0.05, 0) is 75.8 Å². The standard InChI is InChI=1S/C31H42N4O2S/c1-23-18-24(2)20-26(19-23)22-38-31-34-33-29(35(31)27-12-9-13-28(21-27)37-3)14-7-8-15-30(36)32-17-16-25-10-5-4-6-11-25/h5,9-10,12-13,18-19,21,24-25H,4,6-8,11,14-17,20,22H2,1-3H3,(H,32,36). The zero-order valence-corrected chi connectivity index (χ0v) is 23.9. The van der Waals surface area contributed by atoms with E-state index in [1.807, 2.05) is 18.2 Å². The number of nitrogens with one attached hydrogen (secondary N) is 1. The number of carbonyl (C=O) groups excluding carboxylic acids is 1. The number of benzene rings is 1. The summed E-state index contributed by atoms with van der Waals surface area (Å²) in [6.07, 6.45) is 18.1. The van der Waals surface area contributed by atoms with Crippen LogP contribution in [0, 0.1) is 11.8 Å². The molecule has 1 amide bonds. The van der Waals surface area contributed by atoms with Crippen molar-refractivity contribution >= 4 is 17.7 Å². The third-order valence-corrected chi connectivity index (χ3v) is 8.24. The molecule has 204 valence electrons. The molecule has 38 heavy (non-hydrogen) atoms. The zero-order chi connectivity index (χ0) is 26.7. The average molecular weight is 535 g/mol. The summed E-state index contributed by atoms with van der Waals surface area (Å²) in [5.74, 6) is 3.97. The molecule has 2 aliphatic rings. The lowest BCUT2D eigenvalue weighted by Crippen LogP contribution is -2.25. The van der Waals surface area contributed by atoms with Gasteiger partial charge in [0, 0.05) is 31.2 Å². The molecule has 0 radical (unpaired) electrons. The summed E-state index contributed by atoms with van der Waals surface area (Å²) in [6.45, 7) is 5.21. The molecule has 0 spiro atoms. The second kappa shape index (κ2) is 14.4. The average Bonchev–Trinajstić information content (AvgIpc) is 3.33. The van der Waals surface area contributed by atoms with Crippen molar-refractivity contribution in [3.8, 4) is 11.4 Å². The first-order chi connectivity index (χ1) is 18.5. The monoisotopic (exact) mass is 534 g/mol. The van der Waals surface area contributed by atoms with E-state index in [2.05, 4.69) is 64.3 Å². The van der Waals surface area contributed by atoms with Crippen molar-refractivity contribution in [1.82, 2.24) is 20.1 Å².